The number of nitrogens with zero attached hydrogens (tertiary/aromatic N) is 3. The Morgan fingerprint density at radius 1 is 1.58 bits per heavy atom. The van der Waals surface area contributed by atoms with Crippen LogP contribution in [-0.4, -0.2) is 38.4 Å². The molecule has 1 atom stereocenters. The van der Waals surface area contributed by atoms with E-state index in [-0.39, 0.29) is 0 Å². The molecular formula is C13H17N3O2S. The van der Waals surface area contributed by atoms with Crippen LogP contribution >= 0.6 is 11.3 Å². The number of carboxylic acid groups (broad SMARTS) is 1. The summed E-state index contributed by atoms with van der Waals surface area (Å²) in [7, 11) is 0. The molecule has 1 fully saturated rings. The van der Waals surface area contributed by atoms with Crippen LogP contribution in [0.2, 0.25) is 0 Å². The van der Waals surface area contributed by atoms with Crippen LogP contribution < -0.4 is 0 Å². The summed E-state index contributed by atoms with van der Waals surface area (Å²) in [6, 6.07) is 0. The van der Waals surface area contributed by atoms with Crippen LogP contribution in [0.1, 0.15) is 25.0 Å². The molecule has 0 amide bonds. The Kier molecular flexibility index (Phi) is 3.52. The largest absolute Gasteiger partial charge is 0.481 e. The molecule has 0 radical (unpaired) electrons. The van der Waals surface area contributed by atoms with Crippen molar-refractivity contribution in [3.63, 3.8) is 0 Å². The molecule has 0 bridgehead atoms. The molecule has 3 rings (SSSR count). The predicted molar refractivity (Wildman–Crippen MR) is 73.3 cm³/mol. The molecule has 2 aromatic heterocycles. The molecule has 1 saturated heterocycles. The van der Waals surface area contributed by atoms with Crippen molar-refractivity contribution in [2.24, 2.45) is 5.92 Å². The van der Waals surface area contributed by atoms with Gasteiger partial charge in [-0.2, -0.15) is 0 Å². The number of fused-ring (bicyclic) bond motifs is 1. The summed E-state index contributed by atoms with van der Waals surface area (Å²) in [6.07, 6.45) is 6.30. The van der Waals surface area contributed by atoms with Crippen LogP contribution in [0, 0.1) is 5.92 Å². The van der Waals surface area contributed by atoms with Gasteiger partial charge in [-0.05, 0) is 25.3 Å². The molecule has 0 saturated carbocycles. The average molecular weight is 279 g/mol. The first-order chi connectivity index (χ1) is 9.20. The zero-order valence-electron chi connectivity index (χ0n) is 10.7. The third-order valence-corrected chi connectivity index (χ3v) is 4.44. The maximum Gasteiger partial charge on any atom is 0.303 e. The van der Waals surface area contributed by atoms with Gasteiger partial charge in [-0.15, -0.1) is 11.3 Å². The van der Waals surface area contributed by atoms with Crippen LogP contribution in [0.3, 0.4) is 0 Å². The maximum absolute atomic E-state index is 10.6. The van der Waals surface area contributed by atoms with Gasteiger partial charge in [-0.25, -0.2) is 4.98 Å². The third kappa shape index (κ3) is 2.96. The van der Waals surface area contributed by atoms with Gasteiger partial charge in [0.15, 0.2) is 4.96 Å². The number of hydrogen-bond donors (Lipinski definition) is 1. The fraction of sp³-hybridized carbons (Fsp3) is 0.538. The van der Waals surface area contributed by atoms with Gasteiger partial charge in [0.05, 0.1) is 5.69 Å². The minimum absolute atomic E-state index is 0.290. The lowest BCUT2D eigenvalue weighted by molar-refractivity contribution is -0.137. The van der Waals surface area contributed by atoms with E-state index in [0.717, 1.165) is 43.1 Å². The predicted octanol–water partition coefficient (Wildman–Crippen LogP) is 2.08. The number of carbonyl (C=O) groups is 1. The van der Waals surface area contributed by atoms with Gasteiger partial charge in [0.1, 0.15) is 0 Å². The molecule has 3 heterocycles. The van der Waals surface area contributed by atoms with E-state index in [1.54, 1.807) is 11.3 Å². The Morgan fingerprint density at radius 3 is 3.26 bits per heavy atom. The highest BCUT2D eigenvalue weighted by Crippen LogP contribution is 2.23. The lowest BCUT2D eigenvalue weighted by Gasteiger charge is -2.13. The highest BCUT2D eigenvalue weighted by molar-refractivity contribution is 7.15. The number of carboxylic acids is 1. The normalized spacial score (nSPS) is 20.3. The highest BCUT2D eigenvalue weighted by atomic mass is 32.1. The first-order valence-electron chi connectivity index (χ1n) is 6.56. The molecule has 0 aromatic carbocycles. The smallest absolute Gasteiger partial charge is 0.303 e. The molecule has 6 heteroatoms. The van der Waals surface area contributed by atoms with Crippen LogP contribution in [0.5, 0.6) is 0 Å². The van der Waals surface area contributed by atoms with Crippen molar-refractivity contribution in [3.8, 4) is 0 Å². The number of hydrogen-bond acceptors (Lipinski definition) is 4. The molecular weight excluding hydrogens is 262 g/mol. The second kappa shape index (κ2) is 5.30. The standard InChI is InChI=1S/C13H17N3O2S/c17-12(18)2-1-10-3-4-15(7-10)8-11-9-16-5-6-19-13(16)14-11/h5-6,9-10H,1-4,7-8H2,(H,17,18). The SMILES string of the molecule is O=C(O)CCC1CCN(Cc2cn3ccsc3n2)C1. The summed E-state index contributed by atoms with van der Waals surface area (Å²) in [5, 5.41) is 10.7. The first-order valence-corrected chi connectivity index (χ1v) is 7.44. The number of aliphatic carboxylic acids is 1. The average Bonchev–Trinajstić information content (AvgIpc) is 3.02. The summed E-state index contributed by atoms with van der Waals surface area (Å²) in [4.78, 5) is 18.6. The van der Waals surface area contributed by atoms with E-state index < -0.39 is 5.97 Å². The number of rotatable bonds is 5. The Labute approximate surface area is 115 Å². The third-order valence-electron chi connectivity index (χ3n) is 3.67. The van der Waals surface area contributed by atoms with E-state index in [0.29, 0.717) is 12.3 Å². The van der Waals surface area contributed by atoms with Crippen LogP contribution in [0.4, 0.5) is 0 Å². The Hall–Kier alpha value is -1.40. The van der Waals surface area contributed by atoms with Crippen molar-refractivity contribution in [2.75, 3.05) is 13.1 Å². The molecule has 1 unspecified atom stereocenters. The fourth-order valence-corrected chi connectivity index (χ4v) is 3.42. The van der Waals surface area contributed by atoms with Crippen molar-refractivity contribution < 1.29 is 9.90 Å². The second-order valence-corrected chi connectivity index (χ2v) is 6.02. The molecule has 1 aliphatic rings. The van der Waals surface area contributed by atoms with Crippen molar-refractivity contribution in [3.05, 3.63) is 23.5 Å². The number of likely N-dealkylation sites (tertiary alicyclic amines) is 1. The first kappa shape index (κ1) is 12.6. The summed E-state index contributed by atoms with van der Waals surface area (Å²) in [5.74, 6) is -0.160. The fourth-order valence-electron chi connectivity index (χ4n) is 2.70. The monoisotopic (exact) mass is 279 g/mol. The Morgan fingerprint density at radius 2 is 2.47 bits per heavy atom. The number of thiazole rings is 1. The molecule has 1 N–H and O–H groups in total. The number of aromatic nitrogens is 2. The van der Waals surface area contributed by atoms with Crippen molar-refractivity contribution >= 4 is 22.3 Å². The molecule has 0 spiro atoms. The van der Waals surface area contributed by atoms with Gasteiger partial charge in [-0.1, -0.05) is 0 Å². The second-order valence-electron chi connectivity index (χ2n) is 5.15. The highest BCUT2D eigenvalue weighted by Gasteiger charge is 2.23. The Bertz CT molecular complexity index is 549. The molecule has 5 nitrogen and oxygen atoms in total. The van der Waals surface area contributed by atoms with Crippen molar-refractivity contribution in [2.45, 2.75) is 25.8 Å². The minimum Gasteiger partial charge on any atom is -0.481 e. The van der Waals surface area contributed by atoms with Gasteiger partial charge in [-0.3, -0.25) is 14.1 Å². The van der Waals surface area contributed by atoms with E-state index in [1.807, 2.05) is 11.6 Å². The van der Waals surface area contributed by atoms with E-state index in [1.165, 1.54) is 0 Å². The van der Waals surface area contributed by atoms with E-state index in [4.69, 9.17) is 5.11 Å². The van der Waals surface area contributed by atoms with Gasteiger partial charge < -0.3 is 5.11 Å². The quantitative estimate of drug-likeness (QED) is 0.910. The maximum atomic E-state index is 10.6. The molecule has 0 aliphatic carbocycles. The van der Waals surface area contributed by atoms with E-state index in [2.05, 4.69) is 20.5 Å². The zero-order valence-corrected chi connectivity index (χ0v) is 11.5. The van der Waals surface area contributed by atoms with Crippen molar-refractivity contribution in [1.29, 1.82) is 0 Å². The van der Waals surface area contributed by atoms with E-state index >= 15 is 0 Å². The van der Waals surface area contributed by atoms with Gasteiger partial charge >= 0.3 is 5.97 Å². The summed E-state index contributed by atoms with van der Waals surface area (Å²) in [5.41, 5.74) is 1.10. The van der Waals surface area contributed by atoms with Crippen LogP contribution in [0.25, 0.3) is 4.96 Å². The van der Waals surface area contributed by atoms with Crippen molar-refractivity contribution in [1.82, 2.24) is 14.3 Å². The molecule has 19 heavy (non-hydrogen) atoms. The number of imidazole rings is 1. The lowest BCUT2D eigenvalue weighted by atomic mass is 10.0. The van der Waals surface area contributed by atoms with Gasteiger partial charge in [0.2, 0.25) is 0 Å². The lowest BCUT2D eigenvalue weighted by Crippen LogP contribution is -2.20. The summed E-state index contributed by atoms with van der Waals surface area (Å²) < 4.78 is 2.05. The zero-order chi connectivity index (χ0) is 13.2. The summed E-state index contributed by atoms with van der Waals surface area (Å²) in [6.45, 7) is 2.92. The molecule has 2 aromatic rings. The van der Waals surface area contributed by atoms with Gasteiger partial charge in [0, 0.05) is 37.3 Å². The molecule has 1 aliphatic heterocycles. The molecule has 102 valence electrons. The minimum atomic E-state index is -0.687. The van der Waals surface area contributed by atoms with Crippen LogP contribution in [-0.2, 0) is 11.3 Å². The topological polar surface area (TPSA) is 57.8 Å². The van der Waals surface area contributed by atoms with Crippen LogP contribution in [0.15, 0.2) is 17.8 Å². The Balaban J connectivity index is 1.54. The van der Waals surface area contributed by atoms with E-state index in [9.17, 15) is 4.79 Å². The van der Waals surface area contributed by atoms with Gasteiger partial charge in [0.25, 0.3) is 0 Å². The summed E-state index contributed by atoms with van der Waals surface area (Å²) >= 11 is 1.65.